The first-order chi connectivity index (χ1) is 9.78. The number of hydrogen-bond acceptors (Lipinski definition) is 5. The predicted molar refractivity (Wildman–Crippen MR) is 69.3 cm³/mol. The molecule has 20 heavy (non-hydrogen) atoms. The van der Waals surface area contributed by atoms with Crippen molar-refractivity contribution in [1.82, 2.24) is 0 Å². The molecular weight excluding hydrogens is 260 g/mol. The number of hydrogen-bond donors (Lipinski definition) is 0. The van der Waals surface area contributed by atoms with Gasteiger partial charge in [-0.3, -0.25) is 0 Å². The van der Waals surface area contributed by atoms with E-state index in [1.165, 1.54) is 0 Å². The Hall–Kier alpha value is -0.810. The van der Waals surface area contributed by atoms with Crippen LogP contribution in [0.3, 0.4) is 0 Å². The summed E-state index contributed by atoms with van der Waals surface area (Å²) in [6.07, 6.45) is 7.82. The molecule has 112 valence electrons. The van der Waals surface area contributed by atoms with Crippen molar-refractivity contribution in [2.75, 3.05) is 13.2 Å². The van der Waals surface area contributed by atoms with Crippen LogP contribution in [0.5, 0.6) is 0 Å². The van der Waals surface area contributed by atoms with Crippen molar-refractivity contribution >= 4 is 6.16 Å². The SMILES string of the molecule is O=C(OCC1CCC2OC2C1)OCC1CCC2OC2C1. The maximum absolute atomic E-state index is 11.6. The molecule has 4 fully saturated rings. The Morgan fingerprint density at radius 1 is 0.800 bits per heavy atom. The van der Waals surface area contributed by atoms with E-state index in [1.807, 2.05) is 0 Å². The average molecular weight is 282 g/mol. The van der Waals surface area contributed by atoms with Gasteiger partial charge < -0.3 is 18.9 Å². The first kappa shape index (κ1) is 12.9. The fourth-order valence-corrected chi connectivity index (χ4v) is 3.69. The summed E-state index contributed by atoms with van der Waals surface area (Å²) in [6, 6.07) is 0. The van der Waals surface area contributed by atoms with Gasteiger partial charge in [0, 0.05) is 0 Å². The number of fused-ring (bicyclic) bond motifs is 2. The molecule has 6 atom stereocenters. The van der Waals surface area contributed by atoms with Gasteiger partial charge in [-0.15, -0.1) is 0 Å². The largest absolute Gasteiger partial charge is 0.508 e. The smallest absolute Gasteiger partial charge is 0.434 e. The van der Waals surface area contributed by atoms with Crippen LogP contribution < -0.4 is 0 Å². The van der Waals surface area contributed by atoms with Gasteiger partial charge in [0.25, 0.3) is 0 Å². The van der Waals surface area contributed by atoms with Gasteiger partial charge in [-0.05, 0) is 50.4 Å². The molecule has 0 bridgehead atoms. The molecule has 2 saturated heterocycles. The highest BCUT2D eigenvalue weighted by Crippen LogP contribution is 2.40. The van der Waals surface area contributed by atoms with Crippen molar-refractivity contribution in [3.05, 3.63) is 0 Å². The van der Waals surface area contributed by atoms with E-state index in [9.17, 15) is 4.79 Å². The molecule has 2 aliphatic carbocycles. The lowest BCUT2D eigenvalue weighted by Crippen LogP contribution is -2.23. The minimum atomic E-state index is -0.511. The fourth-order valence-electron chi connectivity index (χ4n) is 3.69. The lowest BCUT2D eigenvalue weighted by Gasteiger charge is -2.20. The summed E-state index contributed by atoms with van der Waals surface area (Å²) in [7, 11) is 0. The zero-order valence-electron chi connectivity index (χ0n) is 11.7. The van der Waals surface area contributed by atoms with Gasteiger partial charge in [-0.25, -0.2) is 4.79 Å². The van der Waals surface area contributed by atoms with Crippen LogP contribution in [0.2, 0.25) is 0 Å². The Morgan fingerprint density at radius 3 is 1.75 bits per heavy atom. The summed E-state index contributed by atoms with van der Waals surface area (Å²) in [4.78, 5) is 11.6. The molecule has 2 saturated carbocycles. The quantitative estimate of drug-likeness (QED) is 0.585. The number of ether oxygens (including phenoxy) is 4. The fraction of sp³-hybridized carbons (Fsp3) is 0.933. The molecule has 6 unspecified atom stereocenters. The molecule has 0 radical (unpaired) electrons. The molecule has 4 aliphatic rings. The van der Waals surface area contributed by atoms with Crippen LogP contribution in [-0.4, -0.2) is 43.8 Å². The van der Waals surface area contributed by atoms with Crippen molar-refractivity contribution < 1.29 is 23.7 Å². The highest BCUT2D eigenvalue weighted by Gasteiger charge is 2.45. The normalized spacial score (nSPS) is 45.0. The molecule has 2 aliphatic heterocycles. The molecule has 4 rings (SSSR count). The second-order valence-electron chi connectivity index (χ2n) is 6.66. The molecule has 5 nitrogen and oxygen atoms in total. The maximum Gasteiger partial charge on any atom is 0.508 e. The van der Waals surface area contributed by atoms with E-state index in [1.54, 1.807) is 0 Å². The number of carbonyl (C=O) groups excluding carboxylic acids is 1. The molecule has 0 spiro atoms. The van der Waals surface area contributed by atoms with E-state index in [0.29, 0.717) is 49.5 Å². The van der Waals surface area contributed by atoms with Crippen molar-refractivity contribution in [3.8, 4) is 0 Å². The Labute approximate surface area is 118 Å². The van der Waals surface area contributed by atoms with E-state index in [2.05, 4.69) is 0 Å². The van der Waals surface area contributed by atoms with Gasteiger partial charge >= 0.3 is 6.16 Å². The summed E-state index contributed by atoms with van der Waals surface area (Å²) in [5.41, 5.74) is 0. The summed E-state index contributed by atoms with van der Waals surface area (Å²) in [5, 5.41) is 0. The molecule has 5 heteroatoms. The lowest BCUT2D eigenvalue weighted by atomic mass is 9.90. The minimum absolute atomic E-state index is 0.432. The Balaban J connectivity index is 1.11. The third-order valence-corrected chi connectivity index (χ3v) is 5.10. The zero-order chi connectivity index (χ0) is 13.5. The summed E-state index contributed by atoms with van der Waals surface area (Å²) in [6.45, 7) is 0.952. The van der Waals surface area contributed by atoms with Gasteiger partial charge in [0.15, 0.2) is 0 Å². The first-order valence-corrected chi connectivity index (χ1v) is 7.88. The van der Waals surface area contributed by atoms with Crippen LogP contribution in [0.25, 0.3) is 0 Å². The van der Waals surface area contributed by atoms with Gasteiger partial charge in [0.2, 0.25) is 0 Å². The van der Waals surface area contributed by atoms with Crippen LogP contribution in [-0.2, 0) is 18.9 Å². The van der Waals surface area contributed by atoms with Crippen molar-refractivity contribution in [2.45, 2.75) is 62.9 Å². The van der Waals surface area contributed by atoms with Crippen LogP contribution >= 0.6 is 0 Å². The maximum atomic E-state index is 11.6. The number of carbonyl (C=O) groups is 1. The third-order valence-electron chi connectivity index (χ3n) is 5.10. The molecule has 0 aromatic rings. The minimum Gasteiger partial charge on any atom is -0.434 e. The van der Waals surface area contributed by atoms with E-state index in [0.717, 1.165) is 38.5 Å². The predicted octanol–water partition coefficient (Wildman–Crippen LogP) is 2.27. The third kappa shape index (κ3) is 2.93. The first-order valence-electron chi connectivity index (χ1n) is 7.88. The van der Waals surface area contributed by atoms with Crippen LogP contribution in [0.1, 0.15) is 38.5 Å². The molecule has 0 aromatic heterocycles. The van der Waals surface area contributed by atoms with Crippen LogP contribution in [0.4, 0.5) is 4.79 Å². The number of epoxide rings is 2. The summed E-state index contributed by atoms with van der Waals surface area (Å²) in [5.74, 6) is 0.892. The van der Waals surface area contributed by atoms with E-state index in [-0.39, 0.29) is 0 Å². The van der Waals surface area contributed by atoms with Crippen molar-refractivity contribution in [2.24, 2.45) is 11.8 Å². The van der Waals surface area contributed by atoms with Gasteiger partial charge in [-0.1, -0.05) is 0 Å². The van der Waals surface area contributed by atoms with E-state index < -0.39 is 6.16 Å². The molecule has 2 heterocycles. The number of rotatable bonds is 4. The molecule has 0 aromatic carbocycles. The Morgan fingerprint density at radius 2 is 1.30 bits per heavy atom. The summed E-state index contributed by atoms with van der Waals surface area (Å²) < 4.78 is 21.4. The van der Waals surface area contributed by atoms with Crippen LogP contribution in [0.15, 0.2) is 0 Å². The Bertz CT molecular complexity index is 350. The second-order valence-corrected chi connectivity index (χ2v) is 6.66. The average Bonchev–Trinajstić information content (AvgIpc) is 3.35. The standard InChI is InChI=1S/C15H22O5/c16-15(17-7-9-1-3-11-13(5-9)19-11)18-8-10-2-4-12-14(6-10)20-12/h9-14H,1-8H2. The summed E-state index contributed by atoms with van der Waals surface area (Å²) >= 11 is 0. The molecule has 0 amide bonds. The lowest BCUT2D eigenvalue weighted by molar-refractivity contribution is 0.0284. The van der Waals surface area contributed by atoms with Gasteiger partial charge in [0.05, 0.1) is 37.6 Å². The molecular formula is C15H22O5. The van der Waals surface area contributed by atoms with E-state index >= 15 is 0 Å². The monoisotopic (exact) mass is 282 g/mol. The van der Waals surface area contributed by atoms with E-state index in [4.69, 9.17) is 18.9 Å². The van der Waals surface area contributed by atoms with Gasteiger partial charge in [-0.2, -0.15) is 0 Å². The topological polar surface area (TPSA) is 60.6 Å². The van der Waals surface area contributed by atoms with Gasteiger partial charge in [0.1, 0.15) is 0 Å². The Kier molecular flexibility index (Phi) is 3.34. The van der Waals surface area contributed by atoms with Crippen LogP contribution in [0, 0.1) is 11.8 Å². The van der Waals surface area contributed by atoms with Crippen molar-refractivity contribution in [3.63, 3.8) is 0 Å². The highest BCUT2D eigenvalue weighted by molar-refractivity contribution is 5.59. The zero-order valence-corrected chi connectivity index (χ0v) is 11.7. The second kappa shape index (κ2) is 5.19. The van der Waals surface area contributed by atoms with Crippen molar-refractivity contribution in [1.29, 1.82) is 0 Å². The highest BCUT2D eigenvalue weighted by atomic mass is 16.7. The molecule has 0 N–H and O–H groups in total.